The molecule has 0 aliphatic carbocycles. The fourth-order valence-corrected chi connectivity index (χ4v) is 3.96. The third-order valence-corrected chi connectivity index (χ3v) is 5.40. The molecule has 3 aromatic heterocycles. The topological polar surface area (TPSA) is 71.0 Å². The van der Waals surface area contributed by atoms with E-state index in [1.165, 1.54) is 0 Å². The molecule has 0 saturated heterocycles. The maximum Gasteiger partial charge on any atom is 0.253 e. The van der Waals surface area contributed by atoms with Crippen molar-refractivity contribution in [3.05, 3.63) is 49.6 Å². The Morgan fingerprint density at radius 3 is 2.84 bits per heavy atom. The number of aryl methyl sites for hydroxylation is 3. The Morgan fingerprint density at radius 1 is 1.40 bits per heavy atom. The fraction of sp³-hybridized carbons (Fsp3) is 0.389. The monoisotopic (exact) mass is 358 g/mol. The third kappa shape index (κ3) is 3.37. The first-order chi connectivity index (χ1) is 11.9. The highest BCUT2D eigenvalue weighted by molar-refractivity contribution is 7.09. The van der Waals surface area contributed by atoms with Gasteiger partial charge in [0.15, 0.2) is 0 Å². The van der Waals surface area contributed by atoms with Crippen LogP contribution in [-0.2, 0) is 24.8 Å². The highest BCUT2D eigenvalue weighted by atomic mass is 32.1. The van der Waals surface area contributed by atoms with E-state index < -0.39 is 0 Å². The molecule has 3 heterocycles. The second kappa shape index (κ2) is 6.84. The summed E-state index contributed by atoms with van der Waals surface area (Å²) in [7, 11) is 3.61. The smallest absolute Gasteiger partial charge is 0.253 e. The molecule has 0 radical (unpaired) electrons. The zero-order chi connectivity index (χ0) is 18.1. The predicted molar refractivity (Wildman–Crippen MR) is 99.9 cm³/mol. The molecule has 0 saturated carbocycles. The van der Waals surface area contributed by atoms with Crippen LogP contribution in [0.15, 0.2) is 22.3 Å². The van der Waals surface area contributed by atoms with Crippen molar-refractivity contribution in [3.8, 4) is 0 Å². The molecule has 1 amide bonds. The summed E-state index contributed by atoms with van der Waals surface area (Å²) < 4.78 is 1.68. The van der Waals surface area contributed by atoms with E-state index in [-0.39, 0.29) is 11.5 Å². The van der Waals surface area contributed by atoms with Gasteiger partial charge in [-0.1, -0.05) is 6.07 Å². The number of fused-ring (bicyclic) bond motifs is 1. The minimum absolute atomic E-state index is 0.0372. The number of aromatic nitrogens is 3. The van der Waals surface area contributed by atoms with Gasteiger partial charge in [-0.2, -0.15) is 5.10 Å². The summed E-state index contributed by atoms with van der Waals surface area (Å²) in [6, 6.07) is 4.00. The number of H-pyrrole nitrogens is 1. The van der Waals surface area contributed by atoms with Crippen LogP contribution < -0.4 is 5.56 Å². The van der Waals surface area contributed by atoms with E-state index in [0.717, 1.165) is 27.2 Å². The predicted octanol–water partition coefficient (Wildman–Crippen LogP) is 2.53. The first-order valence-electron chi connectivity index (χ1n) is 8.20. The first-order valence-corrected chi connectivity index (χ1v) is 9.08. The molecule has 0 spiro atoms. The van der Waals surface area contributed by atoms with Crippen molar-refractivity contribution in [2.75, 3.05) is 7.05 Å². The van der Waals surface area contributed by atoms with Crippen molar-refractivity contribution in [1.82, 2.24) is 19.7 Å². The molecule has 25 heavy (non-hydrogen) atoms. The van der Waals surface area contributed by atoms with E-state index in [2.05, 4.69) is 10.1 Å². The zero-order valence-corrected chi connectivity index (χ0v) is 15.7. The Balaban J connectivity index is 1.78. The van der Waals surface area contributed by atoms with Crippen molar-refractivity contribution in [1.29, 1.82) is 0 Å². The normalized spacial score (nSPS) is 11.2. The van der Waals surface area contributed by atoms with Gasteiger partial charge >= 0.3 is 0 Å². The third-order valence-electron chi connectivity index (χ3n) is 4.54. The Hall–Kier alpha value is -2.41. The largest absolute Gasteiger partial charge is 0.341 e. The lowest BCUT2D eigenvalue weighted by atomic mass is 10.0. The second-order valence-corrected chi connectivity index (χ2v) is 7.35. The van der Waals surface area contributed by atoms with Crippen molar-refractivity contribution in [2.45, 2.75) is 33.2 Å². The number of carbonyl (C=O) groups excluding carboxylic acids is 1. The molecule has 0 fully saturated rings. The van der Waals surface area contributed by atoms with E-state index in [4.69, 9.17) is 0 Å². The number of aromatic amines is 1. The standard InChI is InChI=1S/C18H22N4O2S/c1-11-14(18(24)19-17-16(11)12(2)20-22(17)4)7-8-15(23)21(3)10-13-6-5-9-25-13/h5-6,9H,7-8,10H2,1-4H3,(H,19,24). The second-order valence-electron chi connectivity index (χ2n) is 6.32. The summed E-state index contributed by atoms with van der Waals surface area (Å²) in [5, 5.41) is 7.34. The number of nitrogens with zero attached hydrogens (tertiary/aromatic N) is 3. The molecular weight excluding hydrogens is 336 g/mol. The van der Waals surface area contributed by atoms with E-state index in [9.17, 15) is 9.59 Å². The lowest BCUT2D eigenvalue weighted by Gasteiger charge is -2.16. The van der Waals surface area contributed by atoms with Crippen molar-refractivity contribution >= 4 is 28.3 Å². The summed E-state index contributed by atoms with van der Waals surface area (Å²) >= 11 is 1.64. The summed E-state index contributed by atoms with van der Waals surface area (Å²) in [5.41, 5.74) is 3.06. The number of rotatable bonds is 5. The molecule has 6 nitrogen and oxygen atoms in total. The van der Waals surface area contributed by atoms with Gasteiger partial charge in [-0.05, 0) is 37.3 Å². The van der Waals surface area contributed by atoms with Crippen LogP contribution >= 0.6 is 11.3 Å². The van der Waals surface area contributed by atoms with Gasteiger partial charge in [0.2, 0.25) is 5.91 Å². The molecule has 0 unspecified atom stereocenters. The number of carbonyl (C=O) groups is 1. The minimum Gasteiger partial charge on any atom is -0.341 e. The molecule has 0 aliphatic rings. The highest BCUT2D eigenvalue weighted by Crippen LogP contribution is 2.21. The van der Waals surface area contributed by atoms with Gasteiger partial charge in [0.1, 0.15) is 5.65 Å². The van der Waals surface area contributed by atoms with Crippen LogP contribution in [0.4, 0.5) is 0 Å². The Bertz CT molecular complexity index is 969. The quantitative estimate of drug-likeness (QED) is 0.762. The number of pyridine rings is 1. The molecule has 0 bridgehead atoms. The van der Waals surface area contributed by atoms with Crippen molar-refractivity contribution in [2.24, 2.45) is 7.05 Å². The van der Waals surface area contributed by atoms with Crippen LogP contribution in [0.5, 0.6) is 0 Å². The summed E-state index contributed by atoms with van der Waals surface area (Å²) in [5.74, 6) is 0.0372. The Kier molecular flexibility index (Phi) is 4.76. The van der Waals surface area contributed by atoms with Crippen LogP contribution in [0.3, 0.4) is 0 Å². The molecule has 0 aliphatic heterocycles. The van der Waals surface area contributed by atoms with E-state index >= 15 is 0 Å². The highest BCUT2D eigenvalue weighted by Gasteiger charge is 2.17. The number of hydrogen-bond acceptors (Lipinski definition) is 4. The number of amides is 1. The number of nitrogens with one attached hydrogen (secondary N) is 1. The molecule has 0 aromatic carbocycles. The van der Waals surface area contributed by atoms with Gasteiger partial charge in [-0.25, -0.2) is 0 Å². The van der Waals surface area contributed by atoms with Crippen LogP contribution in [0.2, 0.25) is 0 Å². The molecular formula is C18H22N4O2S. The molecule has 3 aromatic rings. The molecule has 132 valence electrons. The maximum absolute atomic E-state index is 12.4. The van der Waals surface area contributed by atoms with Gasteiger partial charge in [0.25, 0.3) is 5.56 Å². The summed E-state index contributed by atoms with van der Waals surface area (Å²) in [6.07, 6.45) is 0.746. The fourth-order valence-electron chi connectivity index (χ4n) is 3.20. The van der Waals surface area contributed by atoms with Crippen molar-refractivity contribution < 1.29 is 4.79 Å². The SMILES string of the molecule is Cc1nn(C)c2[nH]c(=O)c(CCC(=O)N(C)Cc3cccs3)c(C)c12. The summed E-state index contributed by atoms with van der Waals surface area (Å²) in [4.78, 5) is 30.6. The van der Waals surface area contributed by atoms with E-state index in [0.29, 0.717) is 24.9 Å². The van der Waals surface area contributed by atoms with Gasteiger partial charge in [0, 0.05) is 36.3 Å². The maximum atomic E-state index is 12.4. The van der Waals surface area contributed by atoms with Crippen LogP contribution in [-0.4, -0.2) is 32.6 Å². The molecule has 0 atom stereocenters. The van der Waals surface area contributed by atoms with Gasteiger partial charge in [-0.3, -0.25) is 14.3 Å². The van der Waals surface area contributed by atoms with E-state index in [1.54, 1.807) is 28.0 Å². The zero-order valence-electron chi connectivity index (χ0n) is 14.9. The van der Waals surface area contributed by atoms with Gasteiger partial charge in [-0.15, -0.1) is 11.3 Å². The van der Waals surface area contributed by atoms with Crippen LogP contribution in [0.25, 0.3) is 11.0 Å². The minimum atomic E-state index is -0.137. The number of thiophene rings is 1. The molecule has 3 rings (SSSR count). The summed E-state index contributed by atoms with van der Waals surface area (Å²) in [6.45, 7) is 4.46. The average Bonchev–Trinajstić information content (AvgIpc) is 3.15. The van der Waals surface area contributed by atoms with Gasteiger partial charge in [0.05, 0.1) is 12.2 Å². The number of hydrogen-bond donors (Lipinski definition) is 1. The van der Waals surface area contributed by atoms with E-state index in [1.807, 2.05) is 38.4 Å². The lowest BCUT2D eigenvalue weighted by molar-refractivity contribution is -0.130. The average molecular weight is 358 g/mol. The Labute approximate surface area is 150 Å². The van der Waals surface area contributed by atoms with Gasteiger partial charge < -0.3 is 9.88 Å². The Morgan fingerprint density at radius 2 is 2.16 bits per heavy atom. The first kappa shape index (κ1) is 17.4. The van der Waals surface area contributed by atoms with Crippen LogP contribution in [0.1, 0.15) is 28.1 Å². The van der Waals surface area contributed by atoms with Crippen LogP contribution in [0, 0.1) is 13.8 Å². The lowest BCUT2D eigenvalue weighted by Crippen LogP contribution is -2.27. The molecule has 1 N–H and O–H groups in total. The molecule has 7 heteroatoms. The van der Waals surface area contributed by atoms with Crippen molar-refractivity contribution in [3.63, 3.8) is 0 Å².